The summed E-state index contributed by atoms with van der Waals surface area (Å²) in [5.74, 6) is 0.536. The summed E-state index contributed by atoms with van der Waals surface area (Å²) in [5.41, 5.74) is 2.19. The Morgan fingerprint density at radius 3 is 2.55 bits per heavy atom. The predicted octanol–water partition coefficient (Wildman–Crippen LogP) is 3.61. The number of carbonyl (C=O) groups excluding carboxylic acids is 1. The van der Waals surface area contributed by atoms with Gasteiger partial charge in [0.05, 0.1) is 24.7 Å². The number of hydrogen-bond donors (Lipinski definition) is 1. The molecule has 0 atom stereocenters. The van der Waals surface area contributed by atoms with E-state index in [4.69, 9.17) is 4.74 Å². The fourth-order valence-corrected chi connectivity index (χ4v) is 2.72. The summed E-state index contributed by atoms with van der Waals surface area (Å²) in [7, 11) is 1.59. The molecule has 4 heteroatoms. The van der Waals surface area contributed by atoms with Gasteiger partial charge in [-0.25, -0.2) is 0 Å². The first-order valence-corrected chi connectivity index (χ1v) is 7.06. The molecule has 112 valence electrons. The lowest BCUT2D eigenvalue weighted by molar-refractivity contribution is 0.101. The van der Waals surface area contributed by atoms with Gasteiger partial charge >= 0.3 is 0 Å². The first kappa shape index (κ1) is 14.2. The summed E-state index contributed by atoms with van der Waals surface area (Å²) < 4.78 is 7.00. The predicted molar refractivity (Wildman–Crippen MR) is 85.7 cm³/mol. The van der Waals surface area contributed by atoms with Crippen molar-refractivity contribution in [2.75, 3.05) is 7.11 Å². The van der Waals surface area contributed by atoms with Crippen LogP contribution < -0.4 is 4.74 Å². The number of hydrogen-bond acceptors (Lipinski definition) is 3. The topological polar surface area (TPSA) is 51.5 Å². The summed E-state index contributed by atoms with van der Waals surface area (Å²) in [6.45, 7) is 1.95. The van der Waals surface area contributed by atoms with E-state index in [1.807, 2.05) is 42.5 Å². The van der Waals surface area contributed by atoms with Crippen molar-refractivity contribution in [2.24, 2.45) is 0 Å². The van der Waals surface area contributed by atoms with E-state index in [9.17, 15) is 9.90 Å². The van der Waals surface area contributed by atoms with Crippen LogP contribution in [0.4, 0.5) is 0 Å². The van der Waals surface area contributed by atoms with Crippen LogP contribution in [0.3, 0.4) is 0 Å². The van der Waals surface area contributed by atoms with Crippen molar-refractivity contribution < 1.29 is 14.6 Å². The zero-order valence-corrected chi connectivity index (χ0v) is 12.5. The summed E-state index contributed by atoms with van der Waals surface area (Å²) in [4.78, 5) is 11.9. The Labute approximate surface area is 128 Å². The maximum absolute atomic E-state index is 11.9. The van der Waals surface area contributed by atoms with Gasteiger partial charge in [0.25, 0.3) is 0 Å². The Morgan fingerprint density at radius 1 is 1.18 bits per heavy atom. The van der Waals surface area contributed by atoms with Crippen LogP contribution in [0, 0.1) is 0 Å². The molecule has 1 heterocycles. The van der Waals surface area contributed by atoms with Crippen LogP contribution in [0.1, 0.15) is 22.8 Å². The first-order valence-electron chi connectivity index (χ1n) is 7.06. The lowest BCUT2D eigenvalue weighted by Crippen LogP contribution is -1.99. The van der Waals surface area contributed by atoms with Gasteiger partial charge in [0.15, 0.2) is 5.78 Å². The minimum atomic E-state index is -0.153. The summed E-state index contributed by atoms with van der Waals surface area (Å²) in [6.07, 6.45) is 0. The van der Waals surface area contributed by atoms with E-state index in [2.05, 4.69) is 0 Å². The molecule has 0 aliphatic carbocycles. The molecule has 0 bridgehead atoms. The van der Waals surface area contributed by atoms with Crippen LogP contribution in [0.25, 0.3) is 10.9 Å². The second-order valence-electron chi connectivity index (χ2n) is 5.21. The molecular weight excluding hydrogens is 278 g/mol. The van der Waals surface area contributed by atoms with Crippen LogP contribution >= 0.6 is 0 Å². The normalized spacial score (nSPS) is 10.8. The number of aromatic nitrogens is 1. The maximum Gasteiger partial charge on any atom is 0.203 e. The third-order valence-corrected chi connectivity index (χ3v) is 3.78. The average molecular weight is 295 g/mol. The van der Waals surface area contributed by atoms with Gasteiger partial charge in [-0.3, -0.25) is 4.79 Å². The van der Waals surface area contributed by atoms with Gasteiger partial charge in [-0.15, -0.1) is 0 Å². The van der Waals surface area contributed by atoms with Crippen LogP contribution in [0.15, 0.2) is 48.5 Å². The molecule has 0 saturated heterocycles. The average Bonchev–Trinajstić information content (AvgIpc) is 2.80. The molecule has 4 nitrogen and oxygen atoms in total. The van der Waals surface area contributed by atoms with E-state index in [-0.39, 0.29) is 11.7 Å². The Kier molecular flexibility index (Phi) is 3.59. The summed E-state index contributed by atoms with van der Waals surface area (Å²) in [5, 5.41) is 11.2. The molecule has 0 amide bonds. The molecular formula is C18H17NO3. The second-order valence-corrected chi connectivity index (χ2v) is 5.21. The van der Waals surface area contributed by atoms with E-state index in [0.29, 0.717) is 17.9 Å². The largest absolute Gasteiger partial charge is 0.497 e. The van der Waals surface area contributed by atoms with Crippen LogP contribution in [0.2, 0.25) is 0 Å². The highest BCUT2D eigenvalue weighted by Gasteiger charge is 2.20. The number of rotatable bonds is 4. The molecule has 0 saturated carbocycles. The maximum atomic E-state index is 11.9. The van der Waals surface area contributed by atoms with Gasteiger partial charge in [-0.2, -0.15) is 0 Å². The molecule has 0 radical (unpaired) electrons. The monoisotopic (exact) mass is 295 g/mol. The second kappa shape index (κ2) is 5.56. The Balaban J connectivity index is 2.23. The van der Waals surface area contributed by atoms with Crippen molar-refractivity contribution in [2.45, 2.75) is 13.5 Å². The molecule has 3 aromatic rings. The van der Waals surface area contributed by atoms with Crippen molar-refractivity contribution in [3.63, 3.8) is 0 Å². The van der Waals surface area contributed by atoms with Crippen LogP contribution in [-0.4, -0.2) is 22.6 Å². The summed E-state index contributed by atoms with van der Waals surface area (Å²) in [6, 6.07) is 15.3. The zero-order valence-electron chi connectivity index (χ0n) is 12.5. The van der Waals surface area contributed by atoms with Crippen LogP contribution in [-0.2, 0) is 6.54 Å². The van der Waals surface area contributed by atoms with Crippen molar-refractivity contribution >= 4 is 16.7 Å². The number of ketones is 1. The molecule has 1 N–H and O–H groups in total. The standard InChI is InChI=1S/C18H17NO3/c1-12(20)17-15-9-8-14(22-2)10-16(15)19(18(17)21)11-13-6-4-3-5-7-13/h3-10,21H,11H2,1-2H3. The highest BCUT2D eigenvalue weighted by molar-refractivity contribution is 6.09. The minimum Gasteiger partial charge on any atom is -0.497 e. The van der Waals surface area contributed by atoms with Crippen LogP contribution in [0.5, 0.6) is 11.6 Å². The Morgan fingerprint density at radius 2 is 1.91 bits per heavy atom. The van der Waals surface area contributed by atoms with E-state index in [1.54, 1.807) is 17.7 Å². The van der Waals surface area contributed by atoms with E-state index in [0.717, 1.165) is 16.5 Å². The van der Waals surface area contributed by atoms with E-state index >= 15 is 0 Å². The van der Waals surface area contributed by atoms with E-state index in [1.165, 1.54) is 6.92 Å². The Bertz CT molecular complexity index is 834. The number of methoxy groups -OCH3 is 1. The lowest BCUT2D eigenvalue weighted by Gasteiger charge is -2.08. The van der Waals surface area contributed by atoms with Crippen molar-refractivity contribution in [3.8, 4) is 11.6 Å². The van der Waals surface area contributed by atoms with Gasteiger partial charge in [-0.1, -0.05) is 30.3 Å². The van der Waals surface area contributed by atoms with Crippen molar-refractivity contribution in [1.29, 1.82) is 0 Å². The molecule has 0 spiro atoms. The Hall–Kier alpha value is -2.75. The number of nitrogens with zero attached hydrogens (tertiary/aromatic N) is 1. The highest BCUT2D eigenvalue weighted by atomic mass is 16.5. The minimum absolute atomic E-state index is 0.000365. The third-order valence-electron chi connectivity index (χ3n) is 3.78. The zero-order chi connectivity index (χ0) is 15.7. The summed E-state index contributed by atoms with van der Waals surface area (Å²) >= 11 is 0. The lowest BCUT2D eigenvalue weighted by atomic mass is 10.1. The number of carbonyl (C=O) groups is 1. The smallest absolute Gasteiger partial charge is 0.203 e. The quantitative estimate of drug-likeness (QED) is 0.748. The van der Waals surface area contributed by atoms with Crippen molar-refractivity contribution in [3.05, 3.63) is 59.7 Å². The van der Waals surface area contributed by atoms with Gasteiger partial charge in [-0.05, 0) is 24.6 Å². The SMILES string of the molecule is COc1ccc2c(C(C)=O)c(O)n(Cc3ccccc3)c2c1. The molecule has 22 heavy (non-hydrogen) atoms. The van der Waals surface area contributed by atoms with Gasteiger partial charge in [0.1, 0.15) is 5.75 Å². The number of ether oxygens (including phenoxy) is 1. The van der Waals surface area contributed by atoms with Crippen molar-refractivity contribution in [1.82, 2.24) is 4.57 Å². The molecule has 0 fully saturated rings. The molecule has 0 aliphatic rings. The highest BCUT2D eigenvalue weighted by Crippen LogP contribution is 2.34. The molecule has 3 rings (SSSR count). The molecule has 0 unspecified atom stereocenters. The molecule has 1 aromatic heterocycles. The fraction of sp³-hybridized carbons (Fsp3) is 0.167. The number of fused-ring (bicyclic) bond motifs is 1. The number of benzene rings is 2. The number of aromatic hydroxyl groups is 1. The first-order chi connectivity index (χ1) is 10.6. The van der Waals surface area contributed by atoms with Gasteiger partial charge < -0.3 is 14.4 Å². The molecule has 2 aromatic carbocycles. The molecule has 0 aliphatic heterocycles. The number of Topliss-reactive ketones (excluding diaryl/α,β-unsaturated/α-hetero) is 1. The van der Waals surface area contributed by atoms with E-state index < -0.39 is 0 Å². The fourth-order valence-electron chi connectivity index (χ4n) is 2.72. The van der Waals surface area contributed by atoms with Gasteiger partial charge in [0, 0.05) is 11.5 Å². The van der Waals surface area contributed by atoms with Gasteiger partial charge in [0.2, 0.25) is 5.88 Å². The third kappa shape index (κ3) is 2.33.